The van der Waals surface area contributed by atoms with Crippen LogP contribution in [0, 0.1) is 11.6 Å². The Hall–Kier alpha value is -1.82. The molecule has 0 spiro atoms. The number of thioether (sulfide) groups is 1. The predicted octanol–water partition coefficient (Wildman–Crippen LogP) is 5.41. The summed E-state index contributed by atoms with van der Waals surface area (Å²) in [5.41, 5.74) is 0.451. The Labute approximate surface area is 197 Å². The molecule has 0 atom stereocenters. The third-order valence-corrected chi connectivity index (χ3v) is 7.49. The lowest BCUT2D eigenvalue weighted by atomic mass is 10.2. The Morgan fingerprint density at radius 2 is 1.97 bits per heavy atom. The molecule has 0 saturated heterocycles. The van der Waals surface area contributed by atoms with E-state index in [1.54, 1.807) is 18.2 Å². The number of rotatable bonds is 8. The second-order valence-corrected chi connectivity index (χ2v) is 10.2. The summed E-state index contributed by atoms with van der Waals surface area (Å²) in [4.78, 5) is 3.23. The van der Waals surface area contributed by atoms with Crippen molar-refractivity contribution < 1.29 is 26.7 Å². The predicted molar refractivity (Wildman–Crippen MR) is 123 cm³/mol. The highest BCUT2D eigenvalue weighted by Gasteiger charge is 2.32. The summed E-state index contributed by atoms with van der Waals surface area (Å²) < 4.78 is 66.6. The molecule has 0 bridgehead atoms. The topological polar surface area (TPSA) is 68.2 Å². The van der Waals surface area contributed by atoms with Crippen LogP contribution < -0.4 is 9.47 Å². The summed E-state index contributed by atoms with van der Waals surface area (Å²) in [5.74, 6) is -1.51. The minimum absolute atomic E-state index is 0.00425. The van der Waals surface area contributed by atoms with Crippen LogP contribution in [-0.2, 0) is 16.6 Å². The largest absolute Gasteiger partial charge is 0.497 e. The molecule has 0 heterocycles. The minimum atomic E-state index is -4.55. The first-order chi connectivity index (χ1) is 14.7. The Bertz CT molecular complexity index is 1100. The van der Waals surface area contributed by atoms with Gasteiger partial charge in [-0.1, -0.05) is 45.9 Å². The van der Waals surface area contributed by atoms with Gasteiger partial charge in [0, 0.05) is 23.9 Å². The van der Waals surface area contributed by atoms with E-state index in [1.807, 2.05) is 0 Å². The maximum Gasteiger partial charge on any atom is 0.269 e. The van der Waals surface area contributed by atoms with Gasteiger partial charge >= 0.3 is 0 Å². The van der Waals surface area contributed by atoms with E-state index in [0.29, 0.717) is 23.1 Å². The molecular weight excluding hydrogens is 538 g/mol. The molecule has 0 aliphatic carbocycles. The molecule has 168 valence electrons. The number of ether oxygens (including phenoxy) is 2. The average Bonchev–Trinajstić information content (AvgIpc) is 2.74. The number of halogens is 4. The van der Waals surface area contributed by atoms with Crippen LogP contribution >= 0.6 is 39.3 Å². The lowest BCUT2D eigenvalue weighted by Crippen LogP contribution is -2.35. The number of aliphatic imine (C=N–C) groups is 1. The van der Waals surface area contributed by atoms with Crippen molar-refractivity contribution >= 4 is 54.5 Å². The molecule has 0 aliphatic heterocycles. The summed E-state index contributed by atoms with van der Waals surface area (Å²) in [5, 5.41) is -0.526. The molecule has 2 aromatic carbocycles. The third-order valence-electron chi connectivity index (χ3n) is 3.95. The van der Waals surface area contributed by atoms with Crippen LogP contribution in [0.2, 0.25) is 5.02 Å². The summed E-state index contributed by atoms with van der Waals surface area (Å²) >= 11 is 9.97. The zero-order valence-electron chi connectivity index (χ0n) is 16.4. The van der Waals surface area contributed by atoms with Crippen LogP contribution in [0.25, 0.3) is 0 Å². The van der Waals surface area contributed by atoms with Crippen molar-refractivity contribution in [1.82, 2.24) is 4.31 Å². The van der Waals surface area contributed by atoms with E-state index >= 15 is 0 Å². The molecule has 2 aromatic rings. The number of sulfonamides is 1. The van der Waals surface area contributed by atoms with E-state index in [-0.39, 0.29) is 16.4 Å². The number of methoxy groups -OCH3 is 2. The highest BCUT2D eigenvalue weighted by Crippen LogP contribution is 2.32. The normalized spacial score (nSPS) is 11.9. The molecule has 0 aliphatic rings. The molecule has 0 unspecified atom stereocenters. The molecule has 0 N–H and O–H groups in total. The third kappa shape index (κ3) is 5.91. The van der Waals surface area contributed by atoms with Crippen LogP contribution in [0.3, 0.4) is 0 Å². The fourth-order valence-corrected chi connectivity index (χ4v) is 5.64. The van der Waals surface area contributed by atoms with E-state index in [2.05, 4.69) is 27.5 Å². The molecule has 0 amide bonds. The van der Waals surface area contributed by atoms with Crippen LogP contribution in [0.4, 0.5) is 8.78 Å². The van der Waals surface area contributed by atoms with Gasteiger partial charge in [0.25, 0.3) is 10.0 Å². The van der Waals surface area contributed by atoms with Gasteiger partial charge in [-0.15, -0.1) is 0 Å². The molecule has 6 nitrogen and oxygen atoms in total. The monoisotopic (exact) mass is 554 g/mol. The highest BCUT2D eigenvalue weighted by atomic mass is 79.9. The molecule has 0 radical (unpaired) electrons. The number of alkyl halides is 1. The quantitative estimate of drug-likeness (QED) is 0.189. The smallest absolute Gasteiger partial charge is 0.269 e. The number of hydrogen-bond donors (Lipinski definition) is 0. The first kappa shape index (κ1) is 25.4. The van der Waals surface area contributed by atoms with Gasteiger partial charge in [-0.2, -0.15) is 0 Å². The second-order valence-electron chi connectivity index (χ2n) is 5.73. The van der Waals surface area contributed by atoms with Gasteiger partial charge in [0.1, 0.15) is 28.0 Å². The summed E-state index contributed by atoms with van der Waals surface area (Å²) in [6, 6.07) is 5.96. The van der Waals surface area contributed by atoms with Gasteiger partial charge in [0.15, 0.2) is 5.17 Å². The Morgan fingerprint density at radius 3 is 2.55 bits per heavy atom. The summed E-state index contributed by atoms with van der Waals surface area (Å²) in [6.45, 7) is 3.24. The minimum Gasteiger partial charge on any atom is -0.497 e. The Morgan fingerprint density at radius 1 is 1.26 bits per heavy atom. The van der Waals surface area contributed by atoms with Crippen LogP contribution in [0.5, 0.6) is 11.5 Å². The first-order valence-electron chi connectivity index (χ1n) is 8.45. The highest BCUT2D eigenvalue weighted by molar-refractivity contribution is 9.11. The first-order valence-corrected chi connectivity index (χ1v) is 12.4. The SMILES string of the molecule is C=CN=C(SCBr)N(Cc1ccc(OC)cc1OC)S(=O)(=O)c1cc(Cl)c(F)cc1F. The van der Waals surface area contributed by atoms with Gasteiger partial charge < -0.3 is 9.47 Å². The summed E-state index contributed by atoms with van der Waals surface area (Å²) in [6.07, 6.45) is 1.16. The van der Waals surface area contributed by atoms with Gasteiger partial charge in [-0.05, 0) is 18.2 Å². The maximum atomic E-state index is 14.5. The Kier molecular flexibility index (Phi) is 9.16. The van der Waals surface area contributed by atoms with Crippen molar-refractivity contribution in [3.8, 4) is 11.5 Å². The lowest BCUT2D eigenvalue weighted by molar-refractivity contribution is 0.388. The van der Waals surface area contributed by atoms with Gasteiger partial charge in [0.05, 0.1) is 30.4 Å². The zero-order chi connectivity index (χ0) is 23.2. The average molecular weight is 556 g/mol. The number of hydrogen-bond acceptors (Lipinski definition) is 6. The fraction of sp³-hybridized carbons (Fsp3) is 0.211. The van der Waals surface area contributed by atoms with E-state index < -0.39 is 31.6 Å². The fourth-order valence-electron chi connectivity index (χ4n) is 2.51. The zero-order valence-corrected chi connectivity index (χ0v) is 20.4. The lowest BCUT2D eigenvalue weighted by Gasteiger charge is -2.26. The number of nitrogens with zero attached hydrogens (tertiary/aromatic N) is 2. The van der Waals surface area contributed by atoms with Crippen molar-refractivity contribution in [2.45, 2.75) is 11.4 Å². The molecular formula is C19H18BrClF2N2O4S2. The summed E-state index contributed by atoms with van der Waals surface area (Å²) in [7, 11) is -1.65. The molecule has 0 aromatic heterocycles. The van der Waals surface area contributed by atoms with E-state index in [4.69, 9.17) is 21.1 Å². The molecule has 0 fully saturated rings. The number of amidine groups is 1. The van der Waals surface area contributed by atoms with Crippen molar-refractivity contribution in [2.75, 3.05) is 18.9 Å². The molecule has 12 heteroatoms. The molecule has 31 heavy (non-hydrogen) atoms. The standard InChI is InChI=1S/C19H18BrClF2N2O4S2/c1-4-24-19(30-11-20)25(10-12-5-6-13(28-2)7-17(12)29-3)31(26,27)18-8-14(21)15(22)9-16(18)23/h4-9H,1,10-11H2,2-3H3. The number of benzene rings is 2. The Balaban J connectivity index is 2.68. The van der Waals surface area contributed by atoms with Gasteiger partial charge in [-0.25, -0.2) is 26.5 Å². The molecule has 2 rings (SSSR count). The van der Waals surface area contributed by atoms with Crippen molar-refractivity contribution in [3.63, 3.8) is 0 Å². The van der Waals surface area contributed by atoms with Gasteiger partial charge in [-0.3, -0.25) is 0 Å². The van der Waals surface area contributed by atoms with Crippen molar-refractivity contribution in [2.24, 2.45) is 4.99 Å². The van der Waals surface area contributed by atoms with Crippen molar-refractivity contribution in [3.05, 3.63) is 65.3 Å². The van der Waals surface area contributed by atoms with Crippen LogP contribution in [0.15, 0.2) is 53.0 Å². The van der Waals surface area contributed by atoms with Crippen LogP contribution in [-0.4, -0.2) is 36.8 Å². The van der Waals surface area contributed by atoms with E-state index in [0.717, 1.165) is 28.3 Å². The maximum absolute atomic E-state index is 14.5. The van der Waals surface area contributed by atoms with E-state index in [9.17, 15) is 17.2 Å². The molecule has 0 saturated carbocycles. The van der Waals surface area contributed by atoms with Crippen LogP contribution in [0.1, 0.15) is 5.56 Å². The van der Waals surface area contributed by atoms with Crippen molar-refractivity contribution in [1.29, 1.82) is 0 Å². The van der Waals surface area contributed by atoms with Gasteiger partial charge in [0.2, 0.25) is 0 Å². The second kappa shape index (κ2) is 11.2. The van der Waals surface area contributed by atoms with E-state index in [1.165, 1.54) is 14.2 Å².